The van der Waals surface area contributed by atoms with E-state index in [-0.39, 0.29) is 11.6 Å². The lowest BCUT2D eigenvalue weighted by Gasteiger charge is -2.20. The third-order valence-corrected chi connectivity index (χ3v) is 5.50. The number of carbonyl (C=O) groups is 3. The Balaban J connectivity index is 1.89. The standard InChI is InChI=1S/C28H27F3N6O3/c1-17-5-6-21(35-27(40)36-22-7-8-25(33-16-22)28(29,30)31)15-23(17)19(10-12-38)13-24(37(3)4)20-9-11-32-26(14-20)34-18(2)39/h5-16H,1-4H3,(H,32,34,39)(H2,35,36,40)/b19-10+,24-13-. The topological polar surface area (TPSA) is 116 Å². The van der Waals surface area contributed by atoms with Gasteiger partial charge in [-0.1, -0.05) is 6.07 Å². The van der Waals surface area contributed by atoms with Crippen molar-refractivity contribution in [2.24, 2.45) is 0 Å². The summed E-state index contributed by atoms with van der Waals surface area (Å²) in [6, 6.07) is 9.74. The summed E-state index contributed by atoms with van der Waals surface area (Å²) >= 11 is 0. The van der Waals surface area contributed by atoms with Crippen LogP contribution in [-0.4, -0.2) is 47.2 Å². The fraction of sp³-hybridized carbons (Fsp3) is 0.179. The fourth-order valence-corrected chi connectivity index (χ4v) is 3.69. The van der Waals surface area contributed by atoms with Crippen LogP contribution in [0, 0.1) is 6.92 Å². The molecule has 9 nitrogen and oxygen atoms in total. The molecule has 0 spiro atoms. The first-order valence-corrected chi connectivity index (χ1v) is 11.9. The highest BCUT2D eigenvalue weighted by molar-refractivity contribution is 6.00. The number of urea groups is 1. The Kier molecular flexibility index (Phi) is 9.38. The van der Waals surface area contributed by atoms with Crippen molar-refractivity contribution in [2.45, 2.75) is 20.0 Å². The van der Waals surface area contributed by atoms with E-state index >= 15 is 0 Å². The maximum atomic E-state index is 12.7. The number of nitrogens with zero attached hydrogens (tertiary/aromatic N) is 3. The zero-order valence-electron chi connectivity index (χ0n) is 22.1. The first-order chi connectivity index (χ1) is 18.9. The third-order valence-electron chi connectivity index (χ3n) is 5.50. The van der Waals surface area contributed by atoms with Gasteiger partial charge >= 0.3 is 12.2 Å². The highest BCUT2D eigenvalue weighted by Crippen LogP contribution is 2.30. The molecule has 1 aromatic carbocycles. The average Bonchev–Trinajstić information content (AvgIpc) is 2.87. The number of anilines is 3. The number of nitrogens with one attached hydrogen (secondary N) is 3. The zero-order valence-corrected chi connectivity index (χ0v) is 22.1. The molecule has 3 rings (SSSR count). The van der Waals surface area contributed by atoms with E-state index in [1.54, 1.807) is 42.6 Å². The van der Waals surface area contributed by atoms with Gasteiger partial charge in [-0.2, -0.15) is 13.2 Å². The Hall–Kier alpha value is -5.00. The van der Waals surface area contributed by atoms with Gasteiger partial charge in [0.15, 0.2) is 0 Å². The van der Waals surface area contributed by atoms with E-state index in [0.29, 0.717) is 34.6 Å². The summed E-state index contributed by atoms with van der Waals surface area (Å²) in [4.78, 5) is 44.9. The molecule has 0 saturated carbocycles. The minimum Gasteiger partial charge on any atom is -0.377 e. The maximum absolute atomic E-state index is 12.7. The maximum Gasteiger partial charge on any atom is 0.433 e. The SMILES string of the molecule is CC(=O)Nc1cc(/C(=C/C(=C\C=O)c2cc(NC(=O)Nc3ccc(C(F)(F)F)nc3)ccc2C)N(C)C)ccn1. The smallest absolute Gasteiger partial charge is 0.377 e. The summed E-state index contributed by atoms with van der Waals surface area (Å²) in [5.74, 6) is 0.107. The zero-order chi connectivity index (χ0) is 29.4. The number of aromatic nitrogens is 2. The number of halogens is 3. The van der Waals surface area contributed by atoms with Crippen LogP contribution in [-0.2, 0) is 15.8 Å². The number of amides is 3. The minimum absolute atomic E-state index is 0.0777. The van der Waals surface area contributed by atoms with E-state index in [9.17, 15) is 27.6 Å². The van der Waals surface area contributed by atoms with Crippen LogP contribution in [0.25, 0.3) is 11.3 Å². The summed E-state index contributed by atoms with van der Waals surface area (Å²) in [5, 5.41) is 7.72. The van der Waals surface area contributed by atoms with Gasteiger partial charge in [-0.25, -0.2) is 14.8 Å². The van der Waals surface area contributed by atoms with E-state index < -0.39 is 17.9 Å². The highest BCUT2D eigenvalue weighted by atomic mass is 19.4. The Morgan fingerprint density at radius 2 is 1.65 bits per heavy atom. The molecule has 0 aliphatic rings. The van der Waals surface area contributed by atoms with E-state index in [4.69, 9.17) is 0 Å². The Labute approximate surface area is 228 Å². The van der Waals surface area contributed by atoms with E-state index in [1.807, 2.05) is 25.9 Å². The molecule has 3 N–H and O–H groups in total. The molecule has 0 unspecified atom stereocenters. The Morgan fingerprint density at radius 3 is 2.25 bits per heavy atom. The molecule has 3 amide bonds. The van der Waals surface area contributed by atoms with Crippen molar-refractivity contribution in [1.29, 1.82) is 0 Å². The Bertz CT molecular complexity index is 1460. The molecular formula is C28H27F3N6O3. The molecule has 0 saturated heterocycles. The molecule has 0 aliphatic carbocycles. The first kappa shape index (κ1) is 29.6. The molecule has 3 aromatic rings. The number of aryl methyl sites for hydroxylation is 1. The number of alkyl halides is 3. The first-order valence-electron chi connectivity index (χ1n) is 11.9. The van der Waals surface area contributed by atoms with Crippen molar-refractivity contribution in [3.8, 4) is 0 Å². The quantitative estimate of drug-likeness (QED) is 0.191. The van der Waals surface area contributed by atoms with Gasteiger partial charge in [-0.05, 0) is 72.2 Å². The van der Waals surface area contributed by atoms with Gasteiger partial charge in [0, 0.05) is 44.2 Å². The lowest BCUT2D eigenvalue weighted by Crippen LogP contribution is -2.20. The van der Waals surface area contributed by atoms with Crippen LogP contribution in [0.5, 0.6) is 0 Å². The van der Waals surface area contributed by atoms with Crippen LogP contribution in [0.4, 0.5) is 35.2 Å². The number of aldehydes is 1. The van der Waals surface area contributed by atoms with Gasteiger partial charge in [0.1, 0.15) is 17.8 Å². The Morgan fingerprint density at radius 1 is 0.950 bits per heavy atom. The normalized spacial score (nSPS) is 12.0. The van der Waals surface area contributed by atoms with Gasteiger partial charge < -0.3 is 20.9 Å². The second-order valence-corrected chi connectivity index (χ2v) is 8.83. The molecule has 12 heteroatoms. The van der Waals surface area contributed by atoms with Crippen LogP contribution in [0.3, 0.4) is 0 Å². The van der Waals surface area contributed by atoms with Crippen molar-refractivity contribution in [3.63, 3.8) is 0 Å². The third kappa shape index (κ3) is 8.00. The van der Waals surface area contributed by atoms with E-state index in [2.05, 4.69) is 25.9 Å². The van der Waals surface area contributed by atoms with Crippen molar-refractivity contribution in [2.75, 3.05) is 30.0 Å². The molecule has 0 atom stereocenters. The molecule has 208 valence electrons. The highest BCUT2D eigenvalue weighted by Gasteiger charge is 2.32. The van der Waals surface area contributed by atoms with Crippen LogP contribution >= 0.6 is 0 Å². The molecule has 0 bridgehead atoms. The molecule has 2 aromatic heterocycles. The lowest BCUT2D eigenvalue weighted by molar-refractivity contribution is -0.141. The number of rotatable bonds is 8. The number of pyridine rings is 2. The minimum atomic E-state index is -4.59. The van der Waals surface area contributed by atoms with E-state index in [1.165, 1.54) is 13.0 Å². The van der Waals surface area contributed by atoms with Crippen molar-refractivity contribution in [1.82, 2.24) is 14.9 Å². The monoisotopic (exact) mass is 552 g/mol. The second kappa shape index (κ2) is 12.7. The van der Waals surface area contributed by atoms with E-state index in [0.717, 1.165) is 29.5 Å². The summed E-state index contributed by atoms with van der Waals surface area (Å²) in [6.07, 6.45) is 1.72. The number of carbonyl (C=O) groups excluding carboxylic acids is 3. The number of hydrogen-bond donors (Lipinski definition) is 3. The molecule has 0 aliphatic heterocycles. The van der Waals surface area contributed by atoms with Crippen molar-refractivity contribution < 1.29 is 27.6 Å². The van der Waals surface area contributed by atoms with Crippen LogP contribution in [0.2, 0.25) is 0 Å². The number of benzene rings is 1. The van der Waals surface area contributed by atoms with Gasteiger partial charge in [0.2, 0.25) is 5.91 Å². The van der Waals surface area contributed by atoms with Gasteiger partial charge in [-0.3, -0.25) is 9.59 Å². The predicted molar refractivity (Wildman–Crippen MR) is 147 cm³/mol. The average molecular weight is 553 g/mol. The molecule has 40 heavy (non-hydrogen) atoms. The second-order valence-electron chi connectivity index (χ2n) is 8.83. The summed E-state index contributed by atoms with van der Waals surface area (Å²) in [6.45, 7) is 3.22. The van der Waals surface area contributed by atoms with Gasteiger partial charge in [0.05, 0.1) is 11.9 Å². The van der Waals surface area contributed by atoms with Crippen molar-refractivity contribution >= 4 is 46.7 Å². The molecular weight excluding hydrogens is 525 g/mol. The molecule has 2 heterocycles. The summed E-state index contributed by atoms with van der Waals surface area (Å²) in [5.41, 5.74) is 2.85. The van der Waals surface area contributed by atoms with Gasteiger partial charge in [0.25, 0.3) is 0 Å². The molecule has 0 radical (unpaired) electrons. The summed E-state index contributed by atoms with van der Waals surface area (Å²) in [7, 11) is 3.66. The summed E-state index contributed by atoms with van der Waals surface area (Å²) < 4.78 is 38.2. The number of hydrogen-bond acceptors (Lipinski definition) is 6. The largest absolute Gasteiger partial charge is 0.433 e. The fourth-order valence-electron chi connectivity index (χ4n) is 3.69. The van der Waals surface area contributed by atoms with Crippen LogP contribution in [0.1, 0.15) is 29.3 Å². The predicted octanol–water partition coefficient (Wildman–Crippen LogP) is 5.59. The lowest BCUT2D eigenvalue weighted by atomic mass is 9.97. The van der Waals surface area contributed by atoms with Crippen LogP contribution < -0.4 is 16.0 Å². The van der Waals surface area contributed by atoms with Crippen LogP contribution in [0.15, 0.2) is 67.0 Å². The molecule has 0 fully saturated rings. The van der Waals surface area contributed by atoms with Crippen molar-refractivity contribution in [3.05, 3.63) is 89.4 Å². The van der Waals surface area contributed by atoms with Gasteiger partial charge in [-0.15, -0.1) is 0 Å². The number of allylic oxidation sites excluding steroid dienone is 3.